The highest BCUT2D eigenvalue weighted by atomic mass is 16.7. The molecule has 0 aliphatic carbocycles. The van der Waals surface area contributed by atoms with E-state index in [1.54, 1.807) is 20.3 Å². The maximum absolute atomic E-state index is 8.78. The van der Waals surface area contributed by atoms with E-state index in [0.29, 0.717) is 24.1 Å². The normalized spacial score (nSPS) is 15.8. The third kappa shape index (κ3) is 7.16. The second-order valence-electron chi connectivity index (χ2n) is 6.71. The van der Waals surface area contributed by atoms with Crippen molar-refractivity contribution >= 4 is 0 Å². The van der Waals surface area contributed by atoms with E-state index < -0.39 is 0 Å². The van der Waals surface area contributed by atoms with Crippen molar-refractivity contribution in [2.45, 2.75) is 65.5 Å². The summed E-state index contributed by atoms with van der Waals surface area (Å²) in [5.41, 5.74) is 3.42. The molecule has 2 aromatic rings. The van der Waals surface area contributed by atoms with Crippen LogP contribution >= 0.6 is 0 Å². The predicted molar refractivity (Wildman–Crippen MR) is 110 cm³/mol. The Balaban J connectivity index is 0.000000232. The maximum atomic E-state index is 8.78. The minimum absolute atomic E-state index is 0.0794. The van der Waals surface area contributed by atoms with Gasteiger partial charge in [0.05, 0.1) is 38.8 Å². The number of nitrogens with zero attached hydrogens (tertiary/aromatic N) is 4. The molecule has 0 spiro atoms. The molecule has 3 rings (SSSR count). The summed E-state index contributed by atoms with van der Waals surface area (Å²) in [5.74, 6) is 1.13. The van der Waals surface area contributed by atoms with E-state index in [-0.39, 0.29) is 12.9 Å². The molecule has 9 heteroatoms. The molecule has 166 valence electrons. The smallest absolute Gasteiger partial charge is 0.236 e. The van der Waals surface area contributed by atoms with Gasteiger partial charge >= 0.3 is 0 Å². The van der Waals surface area contributed by atoms with Crippen LogP contribution in [0.2, 0.25) is 0 Å². The molecule has 1 N–H and O–H groups in total. The van der Waals surface area contributed by atoms with Crippen LogP contribution in [0.1, 0.15) is 55.6 Å². The molecule has 1 fully saturated rings. The molecule has 0 saturated carbocycles. The number of rotatable bonds is 8. The summed E-state index contributed by atoms with van der Waals surface area (Å²) in [5, 5.41) is 24.5. The fraction of sp³-hybridized carbons (Fsp3) is 0.619. The lowest BCUT2D eigenvalue weighted by molar-refractivity contribution is -0.169. The van der Waals surface area contributed by atoms with Crippen LogP contribution in [-0.4, -0.2) is 52.6 Å². The van der Waals surface area contributed by atoms with Crippen molar-refractivity contribution in [3.63, 3.8) is 0 Å². The van der Waals surface area contributed by atoms with Gasteiger partial charge in [-0.25, -0.2) is 0 Å². The van der Waals surface area contributed by atoms with Gasteiger partial charge in [0.25, 0.3) is 0 Å². The van der Waals surface area contributed by atoms with E-state index in [2.05, 4.69) is 27.3 Å². The summed E-state index contributed by atoms with van der Waals surface area (Å²) in [6, 6.07) is 3.78. The largest absolute Gasteiger partial charge is 0.480 e. The lowest BCUT2D eigenvalue weighted by Crippen LogP contribution is -2.22. The number of hydrogen-bond donors (Lipinski definition) is 1. The molecular formula is C21H32N4O5. The highest BCUT2D eigenvalue weighted by Crippen LogP contribution is 2.18. The summed E-state index contributed by atoms with van der Waals surface area (Å²) in [6.45, 7) is 5.22. The second kappa shape index (κ2) is 13.0. The molecule has 1 aliphatic heterocycles. The van der Waals surface area contributed by atoms with Crippen molar-refractivity contribution in [3.8, 4) is 11.8 Å². The minimum atomic E-state index is -0.0901. The number of ether oxygens (including phenoxy) is 4. The molecule has 1 saturated heterocycles. The van der Waals surface area contributed by atoms with E-state index in [1.165, 1.54) is 6.42 Å². The van der Waals surface area contributed by atoms with Crippen molar-refractivity contribution in [3.05, 3.63) is 34.6 Å². The van der Waals surface area contributed by atoms with E-state index in [0.717, 1.165) is 49.1 Å². The van der Waals surface area contributed by atoms with Crippen LogP contribution in [0.3, 0.4) is 0 Å². The van der Waals surface area contributed by atoms with Crippen molar-refractivity contribution in [2.24, 2.45) is 0 Å². The first-order valence-electron chi connectivity index (χ1n) is 10.3. The highest BCUT2D eigenvalue weighted by Gasteiger charge is 2.15. The lowest BCUT2D eigenvalue weighted by Gasteiger charge is -2.22. The lowest BCUT2D eigenvalue weighted by atomic mass is 10.2. The Morgan fingerprint density at radius 2 is 1.53 bits per heavy atom. The molecule has 0 bridgehead atoms. The average molecular weight is 421 g/mol. The van der Waals surface area contributed by atoms with Gasteiger partial charge in [-0.05, 0) is 44.2 Å². The van der Waals surface area contributed by atoms with Crippen LogP contribution in [0.4, 0.5) is 0 Å². The van der Waals surface area contributed by atoms with Crippen molar-refractivity contribution in [1.82, 2.24) is 20.4 Å². The zero-order valence-electron chi connectivity index (χ0n) is 18.3. The quantitative estimate of drug-likeness (QED) is 0.689. The summed E-state index contributed by atoms with van der Waals surface area (Å²) >= 11 is 0. The van der Waals surface area contributed by atoms with Gasteiger partial charge in [0.2, 0.25) is 11.8 Å². The molecule has 0 amide bonds. The molecule has 9 nitrogen and oxygen atoms in total. The Bertz CT molecular complexity index is 769. The monoisotopic (exact) mass is 420 g/mol. The van der Waals surface area contributed by atoms with Gasteiger partial charge in [0.1, 0.15) is 0 Å². The van der Waals surface area contributed by atoms with Crippen LogP contribution in [0.15, 0.2) is 12.1 Å². The van der Waals surface area contributed by atoms with Gasteiger partial charge in [-0.3, -0.25) is 0 Å². The summed E-state index contributed by atoms with van der Waals surface area (Å²) in [4.78, 5) is 0. The number of aliphatic hydroxyl groups is 1. The Labute approximate surface area is 177 Å². The van der Waals surface area contributed by atoms with Crippen LogP contribution in [0.5, 0.6) is 11.8 Å². The van der Waals surface area contributed by atoms with Crippen LogP contribution in [0, 0.1) is 0 Å². The highest BCUT2D eigenvalue weighted by molar-refractivity contribution is 5.26. The van der Waals surface area contributed by atoms with Crippen LogP contribution < -0.4 is 9.47 Å². The standard InChI is InChI=1S/C13H20N2O3.C8H12N2O2/c1-3-10-8-11(14-15-13(10)16-2)9-18-12-6-4-5-7-17-12;1-3-6-4-7(5-11)9-10-8(6)12-2/h8,12H,3-7,9H2,1-2H3;4,11H,3,5H2,1-2H3. The zero-order chi connectivity index (χ0) is 21.8. The van der Waals surface area contributed by atoms with E-state index >= 15 is 0 Å². The molecule has 2 aromatic heterocycles. The molecule has 0 radical (unpaired) electrons. The predicted octanol–water partition coefficient (Wildman–Crippen LogP) is 2.63. The molecule has 1 atom stereocenters. The van der Waals surface area contributed by atoms with E-state index in [4.69, 9.17) is 24.1 Å². The SMILES string of the molecule is CCc1cc(CO)nnc1OC.CCc1cc(COC2CCCCO2)nnc1OC. The van der Waals surface area contributed by atoms with Crippen molar-refractivity contribution in [2.75, 3.05) is 20.8 Å². The summed E-state index contributed by atoms with van der Waals surface area (Å²) in [7, 11) is 3.16. The second-order valence-corrected chi connectivity index (χ2v) is 6.71. The van der Waals surface area contributed by atoms with Crippen molar-refractivity contribution < 1.29 is 24.1 Å². The maximum Gasteiger partial charge on any atom is 0.236 e. The Morgan fingerprint density at radius 1 is 0.933 bits per heavy atom. The first-order chi connectivity index (χ1) is 14.6. The first-order valence-corrected chi connectivity index (χ1v) is 10.3. The molecule has 30 heavy (non-hydrogen) atoms. The van der Waals surface area contributed by atoms with Gasteiger partial charge in [0, 0.05) is 17.7 Å². The number of aliphatic hydroxyl groups excluding tert-OH is 1. The molecular weight excluding hydrogens is 388 g/mol. The van der Waals surface area contributed by atoms with Gasteiger partial charge in [-0.2, -0.15) is 0 Å². The molecule has 3 heterocycles. The number of aryl methyl sites for hydroxylation is 2. The third-order valence-corrected chi connectivity index (χ3v) is 4.64. The Hall–Kier alpha value is -2.36. The van der Waals surface area contributed by atoms with E-state index in [9.17, 15) is 0 Å². The summed E-state index contributed by atoms with van der Waals surface area (Å²) < 4.78 is 21.3. The number of hydrogen-bond acceptors (Lipinski definition) is 9. The zero-order valence-corrected chi connectivity index (χ0v) is 18.3. The minimum Gasteiger partial charge on any atom is -0.480 e. The van der Waals surface area contributed by atoms with Gasteiger partial charge in [-0.1, -0.05) is 13.8 Å². The van der Waals surface area contributed by atoms with Gasteiger partial charge < -0.3 is 24.1 Å². The van der Waals surface area contributed by atoms with Crippen molar-refractivity contribution in [1.29, 1.82) is 0 Å². The molecule has 1 aliphatic rings. The molecule has 1 unspecified atom stereocenters. The Morgan fingerprint density at radius 3 is 2.03 bits per heavy atom. The molecule has 0 aromatic carbocycles. The fourth-order valence-electron chi connectivity index (χ4n) is 2.95. The number of aromatic nitrogens is 4. The summed E-state index contributed by atoms with van der Waals surface area (Å²) in [6.07, 6.45) is 4.86. The van der Waals surface area contributed by atoms with Crippen LogP contribution in [0.25, 0.3) is 0 Å². The fourth-order valence-corrected chi connectivity index (χ4v) is 2.95. The first kappa shape index (κ1) is 23.9. The topological polar surface area (TPSA) is 109 Å². The van der Waals surface area contributed by atoms with E-state index in [1.807, 2.05) is 13.0 Å². The average Bonchev–Trinajstić information content (AvgIpc) is 2.83. The number of methoxy groups -OCH3 is 2. The Kier molecular flexibility index (Phi) is 10.4. The van der Waals surface area contributed by atoms with Gasteiger partial charge in [0.15, 0.2) is 6.29 Å². The van der Waals surface area contributed by atoms with Crippen LogP contribution in [-0.2, 0) is 35.5 Å². The van der Waals surface area contributed by atoms with Gasteiger partial charge in [-0.15, -0.1) is 20.4 Å². The third-order valence-electron chi connectivity index (χ3n) is 4.64.